The lowest BCUT2D eigenvalue weighted by Gasteiger charge is -2.41. The fourth-order valence-electron chi connectivity index (χ4n) is 2.70. The van der Waals surface area contributed by atoms with Crippen molar-refractivity contribution in [1.82, 2.24) is 0 Å². The molecule has 1 atom stereocenters. The molecule has 4 heteroatoms. The van der Waals surface area contributed by atoms with E-state index in [9.17, 15) is 4.79 Å². The van der Waals surface area contributed by atoms with Gasteiger partial charge in [-0.1, -0.05) is 22.9 Å². The lowest BCUT2D eigenvalue weighted by atomic mass is 9.79. The summed E-state index contributed by atoms with van der Waals surface area (Å²) >= 11 is 3.43. The topological polar surface area (TPSA) is 40.5 Å². The number of piperidine rings is 1. The third-order valence-corrected chi connectivity index (χ3v) is 4.08. The van der Waals surface area contributed by atoms with Crippen LogP contribution >= 0.6 is 15.9 Å². The Morgan fingerprint density at radius 2 is 2.11 bits per heavy atom. The summed E-state index contributed by atoms with van der Waals surface area (Å²) in [5, 5.41) is 9.00. The molecule has 0 spiro atoms. The second kappa shape index (κ2) is 5.31. The summed E-state index contributed by atoms with van der Waals surface area (Å²) in [4.78, 5) is 13.2. The maximum atomic E-state index is 10.9. The van der Waals surface area contributed by atoms with E-state index in [2.05, 4.69) is 39.9 Å². The molecule has 1 aromatic rings. The van der Waals surface area contributed by atoms with Crippen LogP contribution in [-0.4, -0.2) is 24.2 Å². The van der Waals surface area contributed by atoms with Crippen LogP contribution in [0.15, 0.2) is 28.7 Å². The van der Waals surface area contributed by atoms with Gasteiger partial charge in [0.2, 0.25) is 0 Å². The zero-order valence-corrected chi connectivity index (χ0v) is 12.1. The molecule has 18 heavy (non-hydrogen) atoms. The number of rotatable bonds is 3. The second-order valence-corrected chi connectivity index (χ2v) is 6.30. The number of halogens is 1. The zero-order valence-electron chi connectivity index (χ0n) is 10.5. The quantitative estimate of drug-likeness (QED) is 0.928. The number of nitrogens with zero attached hydrogens (tertiary/aromatic N) is 1. The molecule has 1 unspecified atom stereocenters. The normalized spacial score (nSPS) is 24.0. The van der Waals surface area contributed by atoms with Gasteiger partial charge < -0.3 is 10.0 Å². The summed E-state index contributed by atoms with van der Waals surface area (Å²) in [5.41, 5.74) is 1.06. The number of benzene rings is 1. The van der Waals surface area contributed by atoms with Crippen LogP contribution in [0.2, 0.25) is 0 Å². The highest BCUT2D eigenvalue weighted by Gasteiger charge is 2.33. The van der Waals surface area contributed by atoms with Crippen LogP contribution in [0.4, 0.5) is 5.69 Å². The van der Waals surface area contributed by atoms with E-state index >= 15 is 0 Å². The van der Waals surface area contributed by atoms with Crippen molar-refractivity contribution < 1.29 is 9.90 Å². The number of carboxylic acids is 1. The Bertz CT molecular complexity index is 432. The van der Waals surface area contributed by atoms with E-state index in [-0.39, 0.29) is 11.8 Å². The number of carbonyl (C=O) groups is 1. The van der Waals surface area contributed by atoms with Gasteiger partial charge in [0.1, 0.15) is 0 Å². The molecule has 0 amide bonds. The molecule has 2 rings (SSSR count). The number of hydrogen-bond acceptors (Lipinski definition) is 2. The predicted molar refractivity (Wildman–Crippen MR) is 75.9 cm³/mol. The number of hydrogen-bond donors (Lipinski definition) is 1. The Labute approximate surface area is 116 Å². The minimum Gasteiger partial charge on any atom is -0.481 e. The van der Waals surface area contributed by atoms with Crippen molar-refractivity contribution in [1.29, 1.82) is 0 Å². The molecule has 3 nitrogen and oxygen atoms in total. The first-order valence-corrected chi connectivity index (χ1v) is 7.00. The fourth-order valence-corrected chi connectivity index (χ4v) is 2.96. The minimum absolute atomic E-state index is 0.114. The van der Waals surface area contributed by atoms with Crippen molar-refractivity contribution in [3.05, 3.63) is 28.7 Å². The van der Waals surface area contributed by atoms with Crippen molar-refractivity contribution in [2.45, 2.75) is 26.2 Å². The maximum Gasteiger partial charge on any atom is 0.303 e. The summed E-state index contributed by atoms with van der Waals surface area (Å²) in [7, 11) is 0. The first-order valence-electron chi connectivity index (χ1n) is 6.21. The van der Waals surface area contributed by atoms with Crippen LogP contribution < -0.4 is 4.90 Å². The Morgan fingerprint density at radius 1 is 1.44 bits per heavy atom. The van der Waals surface area contributed by atoms with Gasteiger partial charge in [0, 0.05) is 23.2 Å². The van der Waals surface area contributed by atoms with E-state index in [4.69, 9.17) is 5.11 Å². The molecule has 0 bridgehead atoms. The van der Waals surface area contributed by atoms with Gasteiger partial charge in [0.25, 0.3) is 0 Å². The van der Waals surface area contributed by atoms with Crippen molar-refractivity contribution in [3.63, 3.8) is 0 Å². The molecule has 0 aliphatic carbocycles. The molecule has 0 radical (unpaired) electrons. The van der Waals surface area contributed by atoms with Crippen LogP contribution in [0.5, 0.6) is 0 Å². The van der Waals surface area contributed by atoms with Crippen molar-refractivity contribution in [3.8, 4) is 0 Å². The third kappa shape index (κ3) is 3.25. The van der Waals surface area contributed by atoms with E-state index in [0.717, 1.165) is 30.4 Å². The van der Waals surface area contributed by atoms with Crippen LogP contribution in [0.25, 0.3) is 0 Å². The second-order valence-electron chi connectivity index (χ2n) is 5.38. The van der Waals surface area contributed by atoms with Gasteiger partial charge in [-0.15, -0.1) is 0 Å². The predicted octanol–water partition coefficient (Wildman–Crippen LogP) is 3.53. The number of anilines is 1. The van der Waals surface area contributed by atoms with E-state index in [1.807, 2.05) is 12.1 Å². The Hall–Kier alpha value is -1.03. The molecule has 1 aliphatic rings. The maximum absolute atomic E-state index is 10.9. The zero-order chi connectivity index (χ0) is 13.2. The van der Waals surface area contributed by atoms with Crippen molar-refractivity contribution in [2.75, 3.05) is 18.0 Å². The summed E-state index contributed by atoms with van der Waals surface area (Å²) < 4.78 is 1.07. The van der Waals surface area contributed by atoms with Crippen LogP contribution in [0.3, 0.4) is 0 Å². The van der Waals surface area contributed by atoms with Gasteiger partial charge in [0.05, 0.1) is 6.42 Å². The smallest absolute Gasteiger partial charge is 0.303 e. The average Bonchev–Trinajstić information content (AvgIpc) is 2.28. The van der Waals surface area contributed by atoms with Crippen molar-refractivity contribution >= 4 is 27.6 Å². The van der Waals surface area contributed by atoms with Gasteiger partial charge >= 0.3 is 5.97 Å². The van der Waals surface area contributed by atoms with E-state index in [1.54, 1.807) is 0 Å². The molecular formula is C14H18BrNO2. The van der Waals surface area contributed by atoms with Gasteiger partial charge in [0.15, 0.2) is 0 Å². The minimum atomic E-state index is -0.699. The first kappa shape index (κ1) is 13.4. The monoisotopic (exact) mass is 311 g/mol. The van der Waals surface area contributed by atoms with Gasteiger partial charge in [-0.3, -0.25) is 4.79 Å². The molecule has 1 aliphatic heterocycles. The molecular weight excluding hydrogens is 294 g/mol. The fraction of sp³-hybridized carbons (Fsp3) is 0.500. The summed E-state index contributed by atoms with van der Waals surface area (Å²) in [5.74, 6) is -0.699. The van der Waals surface area contributed by atoms with Crippen LogP contribution in [0, 0.1) is 5.41 Å². The lowest BCUT2D eigenvalue weighted by Crippen LogP contribution is -2.42. The van der Waals surface area contributed by atoms with Crippen LogP contribution in [-0.2, 0) is 4.79 Å². The van der Waals surface area contributed by atoms with Gasteiger partial charge in [-0.25, -0.2) is 0 Å². The van der Waals surface area contributed by atoms with E-state index < -0.39 is 5.97 Å². The summed E-state index contributed by atoms with van der Waals surface area (Å²) in [6.07, 6.45) is 2.30. The molecule has 98 valence electrons. The average molecular weight is 312 g/mol. The highest BCUT2D eigenvalue weighted by atomic mass is 79.9. The van der Waals surface area contributed by atoms with E-state index in [1.165, 1.54) is 5.69 Å². The molecule has 1 fully saturated rings. The third-order valence-electron chi connectivity index (χ3n) is 3.55. The molecule has 1 saturated heterocycles. The molecule has 1 aromatic carbocycles. The van der Waals surface area contributed by atoms with Crippen LogP contribution in [0.1, 0.15) is 26.2 Å². The van der Waals surface area contributed by atoms with Gasteiger partial charge in [-0.05, 0) is 42.5 Å². The van der Waals surface area contributed by atoms with E-state index in [0.29, 0.717) is 0 Å². The number of carboxylic acid groups (broad SMARTS) is 1. The Balaban J connectivity index is 2.11. The van der Waals surface area contributed by atoms with Gasteiger partial charge in [-0.2, -0.15) is 0 Å². The molecule has 0 aromatic heterocycles. The molecule has 1 N–H and O–H groups in total. The Morgan fingerprint density at radius 3 is 2.72 bits per heavy atom. The first-order chi connectivity index (χ1) is 8.48. The lowest BCUT2D eigenvalue weighted by molar-refractivity contribution is -0.139. The largest absolute Gasteiger partial charge is 0.481 e. The number of aliphatic carboxylic acids is 1. The highest BCUT2D eigenvalue weighted by molar-refractivity contribution is 9.10. The highest BCUT2D eigenvalue weighted by Crippen LogP contribution is 2.35. The molecule has 1 heterocycles. The Kier molecular flexibility index (Phi) is 3.95. The summed E-state index contributed by atoms with van der Waals surface area (Å²) in [6, 6.07) is 8.21. The van der Waals surface area contributed by atoms with Crippen molar-refractivity contribution in [2.24, 2.45) is 5.41 Å². The summed E-state index contributed by atoms with van der Waals surface area (Å²) in [6.45, 7) is 3.91. The standard InChI is InChI=1S/C14H18BrNO2/c1-14(9-13(17)18)7-2-8-16(10-14)12-5-3-11(15)4-6-12/h3-6H,2,7-10H2,1H3,(H,17,18). The molecule has 0 saturated carbocycles. The SMILES string of the molecule is CC1(CC(=O)O)CCCN(c2ccc(Br)cc2)C1.